The zero-order valence-electron chi connectivity index (χ0n) is 14.3. The second kappa shape index (κ2) is 7.98. The van der Waals surface area contributed by atoms with E-state index >= 15 is 0 Å². The van der Waals surface area contributed by atoms with Crippen molar-refractivity contribution in [1.82, 2.24) is 15.0 Å². The minimum Gasteiger partial charge on any atom is -0.368 e. The first-order valence-electron chi connectivity index (χ1n) is 8.11. The highest BCUT2D eigenvalue weighted by Gasteiger charge is 2.13. The lowest BCUT2D eigenvalue weighted by Crippen LogP contribution is -2.08. The molecule has 0 radical (unpaired) electrons. The molecule has 0 unspecified atom stereocenters. The number of nitrogen functional groups attached to an aromatic ring is 1. The molecule has 0 bridgehead atoms. The van der Waals surface area contributed by atoms with Crippen LogP contribution in [0.5, 0.6) is 0 Å². The van der Waals surface area contributed by atoms with Gasteiger partial charge in [-0.1, -0.05) is 48.0 Å². The fourth-order valence-corrected chi connectivity index (χ4v) is 3.17. The Morgan fingerprint density at radius 3 is 2.44 bits per heavy atom. The summed E-state index contributed by atoms with van der Waals surface area (Å²) < 4.78 is 0. The number of benzene rings is 2. The van der Waals surface area contributed by atoms with Gasteiger partial charge < -0.3 is 11.1 Å². The third-order valence-corrected chi connectivity index (χ3v) is 4.89. The van der Waals surface area contributed by atoms with Crippen LogP contribution in [-0.2, 0) is 5.75 Å². The molecule has 5 nitrogen and oxygen atoms in total. The second-order valence-corrected chi connectivity index (χ2v) is 7.13. The molecular weight excluding hydrogens is 330 g/mol. The maximum Gasteiger partial charge on any atom is 0.232 e. The normalized spacial score (nSPS) is 11.9. The third-order valence-electron chi connectivity index (χ3n) is 3.68. The number of thioether (sulfide) groups is 1. The summed E-state index contributed by atoms with van der Waals surface area (Å²) >= 11 is 1.78. The van der Waals surface area contributed by atoms with E-state index in [-0.39, 0.29) is 11.2 Å². The number of hydrogen-bond acceptors (Lipinski definition) is 6. The molecule has 1 heterocycles. The number of anilines is 3. The molecule has 0 amide bonds. The van der Waals surface area contributed by atoms with Gasteiger partial charge in [0, 0.05) is 11.4 Å². The number of aromatic nitrogens is 3. The predicted octanol–water partition coefficient (Wildman–Crippen LogP) is 4.50. The summed E-state index contributed by atoms with van der Waals surface area (Å²) in [5, 5.41) is 3.28. The molecule has 0 saturated heterocycles. The quantitative estimate of drug-likeness (QED) is 0.681. The van der Waals surface area contributed by atoms with Crippen LogP contribution in [0.2, 0.25) is 0 Å². The van der Waals surface area contributed by atoms with Gasteiger partial charge in [0.25, 0.3) is 0 Å². The predicted molar refractivity (Wildman–Crippen MR) is 105 cm³/mol. The van der Waals surface area contributed by atoms with E-state index in [1.54, 1.807) is 11.8 Å². The first-order chi connectivity index (χ1) is 12.1. The Hall–Kier alpha value is -2.60. The highest BCUT2D eigenvalue weighted by Crippen LogP contribution is 2.29. The zero-order chi connectivity index (χ0) is 17.6. The summed E-state index contributed by atoms with van der Waals surface area (Å²) in [5.41, 5.74) is 9.33. The van der Waals surface area contributed by atoms with Gasteiger partial charge >= 0.3 is 0 Å². The molecule has 0 spiro atoms. The van der Waals surface area contributed by atoms with Gasteiger partial charge in [-0.25, -0.2) is 0 Å². The topological polar surface area (TPSA) is 76.7 Å². The molecule has 1 atom stereocenters. The van der Waals surface area contributed by atoms with Gasteiger partial charge in [0.1, 0.15) is 5.82 Å². The van der Waals surface area contributed by atoms with Crippen molar-refractivity contribution in [1.29, 1.82) is 0 Å². The third kappa shape index (κ3) is 4.93. The Morgan fingerprint density at radius 2 is 1.72 bits per heavy atom. The van der Waals surface area contributed by atoms with Crippen molar-refractivity contribution < 1.29 is 0 Å². The lowest BCUT2D eigenvalue weighted by atomic mass is 10.2. The van der Waals surface area contributed by atoms with Crippen LogP contribution in [0.1, 0.15) is 29.1 Å². The monoisotopic (exact) mass is 351 g/mol. The molecule has 25 heavy (non-hydrogen) atoms. The molecule has 2 aromatic carbocycles. The van der Waals surface area contributed by atoms with Gasteiger partial charge in [0.2, 0.25) is 11.9 Å². The first kappa shape index (κ1) is 17.2. The number of nitrogens with two attached hydrogens (primary N) is 1. The molecule has 0 aliphatic rings. The molecule has 0 aliphatic heterocycles. The van der Waals surface area contributed by atoms with E-state index in [1.807, 2.05) is 30.3 Å². The molecule has 3 aromatic rings. The highest BCUT2D eigenvalue weighted by molar-refractivity contribution is 7.98. The minimum atomic E-state index is 0.114. The lowest BCUT2D eigenvalue weighted by molar-refractivity contribution is 0.896. The average molecular weight is 351 g/mol. The van der Waals surface area contributed by atoms with Crippen LogP contribution < -0.4 is 11.1 Å². The van der Waals surface area contributed by atoms with Crippen LogP contribution in [0, 0.1) is 6.92 Å². The Morgan fingerprint density at radius 1 is 1.00 bits per heavy atom. The molecule has 128 valence electrons. The smallest absolute Gasteiger partial charge is 0.232 e. The largest absolute Gasteiger partial charge is 0.368 e. The Labute approximate surface area is 152 Å². The van der Waals surface area contributed by atoms with Crippen molar-refractivity contribution >= 4 is 29.3 Å². The number of aryl methyl sites for hydroxylation is 1. The fraction of sp³-hybridized carbons (Fsp3) is 0.211. The van der Waals surface area contributed by atoms with Crippen molar-refractivity contribution in [2.45, 2.75) is 24.9 Å². The number of rotatable bonds is 6. The molecule has 0 aliphatic carbocycles. The molecule has 1 aromatic heterocycles. The van der Waals surface area contributed by atoms with E-state index in [2.05, 4.69) is 58.4 Å². The Kier molecular flexibility index (Phi) is 5.50. The van der Waals surface area contributed by atoms with E-state index in [0.29, 0.717) is 11.8 Å². The number of nitrogens with one attached hydrogen (secondary N) is 1. The Bertz CT molecular complexity index is 821. The van der Waals surface area contributed by atoms with Gasteiger partial charge in [-0.15, -0.1) is 11.8 Å². The van der Waals surface area contributed by atoms with Crippen molar-refractivity contribution in [3.63, 3.8) is 0 Å². The standard InChI is InChI=1S/C19H21N5S/c1-13-8-10-15(11-9-13)12-25-14(2)17-22-18(20)24-19(23-17)21-16-6-4-3-5-7-16/h3-11,14H,12H2,1-2H3,(H3,20,21,22,23,24)/t14-/m1/s1. The summed E-state index contributed by atoms with van der Waals surface area (Å²) in [5.74, 6) is 2.28. The van der Waals surface area contributed by atoms with E-state index in [9.17, 15) is 0 Å². The first-order valence-corrected chi connectivity index (χ1v) is 9.16. The van der Waals surface area contributed by atoms with E-state index < -0.39 is 0 Å². The molecular formula is C19H21N5S. The summed E-state index contributed by atoms with van der Waals surface area (Å²) in [4.78, 5) is 13.0. The van der Waals surface area contributed by atoms with Gasteiger partial charge in [-0.2, -0.15) is 15.0 Å². The van der Waals surface area contributed by atoms with Crippen LogP contribution >= 0.6 is 11.8 Å². The number of hydrogen-bond donors (Lipinski definition) is 2. The van der Waals surface area contributed by atoms with E-state index in [1.165, 1.54) is 11.1 Å². The summed E-state index contributed by atoms with van der Waals surface area (Å²) in [6.45, 7) is 4.17. The van der Waals surface area contributed by atoms with Crippen molar-refractivity contribution in [2.75, 3.05) is 11.1 Å². The van der Waals surface area contributed by atoms with Crippen LogP contribution in [0.15, 0.2) is 54.6 Å². The van der Waals surface area contributed by atoms with Crippen LogP contribution in [-0.4, -0.2) is 15.0 Å². The van der Waals surface area contributed by atoms with Crippen molar-refractivity contribution in [2.24, 2.45) is 0 Å². The van der Waals surface area contributed by atoms with E-state index in [0.717, 1.165) is 11.4 Å². The van der Waals surface area contributed by atoms with Crippen LogP contribution in [0.4, 0.5) is 17.6 Å². The van der Waals surface area contributed by atoms with Gasteiger partial charge in [-0.3, -0.25) is 0 Å². The van der Waals surface area contributed by atoms with Crippen LogP contribution in [0.3, 0.4) is 0 Å². The van der Waals surface area contributed by atoms with Gasteiger partial charge in [0.05, 0.1) is 5.25 Å². The van der Waals surface area contributed by atoms with E-state index in [4.69, 9.17) is 5.73 Å². The van der Waals surface area contributed by atoms with Crippen molar-refractivity contribution in [3.8, 4) is 0 Å². The zero-order valence-corrected chi connectivity index (χ0v) is 15.1. The number of para-hydroxylation sites is 1. The second-order valence-electron chi connectivity index (χ2n) is 5.81. The molecule has 0 saturated carbocycles. The summed E-state index contributed by atoms with van der Waals surface area (Å²) in [7, 11) is 0. The average Bonchev–Trinajstić information content (AvgIpc) is 2.61. The highest BCUT2D eigenvalue weighted by atomic mass is 32.2. The maximum absolute atomic E-state index is 5.86. The molecule has 3 rings (SSSR count). The lowest BCUT2D eigenvalue weighted by Gasteiger charge is -2.12. The van der Waals surface area contributed by atoms with Crippen LogP contribution in [0.25, 0.3) is 0 Å². The SMILES string of the molecule is Cc1ccc(CS[C@H](C)c2nc(N)nc(Nc3ccccc3)n2)cc1. The molecule has 0 fully saturated rings. The molecule has 3 N–H and O–H groups in total. The number of nitrogens with zero attached hydrogens (tertiary/aromatic N) is 3. The summed E-state index contributed by atoms with van der Waals surface area (Å²) in [6, 6.07) is 18.3. The minimum absolute atomic E-state index is 0.114. The molecule has 6 heteroatoms. The van der Waals surface area contributed by atoms with Crippen molar-refractivity contribution in [3.05, 3.63) is 71.5 Å². The summed E-state index contributed by atoms with van der Waals surface area (Å²) in [6.07, 6.45) is 0. The fourth-order valence-electron chi connectivity index (χ4n) is 2.28. The van der Waals surface area contributed by atoms with Gasteiger partial charge in [0.15, 0.2) is 0 Å². The maximum atomic E-state index is 5.86. The Balaban J connectivity index is 1.69. The van der Waals surface area contributed by atoms with Gasteiger partial charge in [-0.05, 0) is 31.5 Å².